The SMILES string of the molecule is COc1cc(-c2[nH]ncc2CN2CCCCC2c2cccnc2)cc(OC)c1OC. The average Bonchev–Trinajstić information content (AvgIpc) is 3.27. The van der Waals surface area contributed by atoms with Crippen LogP contribution in [0.1, 0.15) is 36.4 Å². The average molecular weight is 409 g/mol. The summed E-state index contributed by atoms with van der Waals surface area (Å²) in [5.41, 5.74) is 4.33. The molecule has 0 radical (unpaired) electrons. The molecule has 3 aromatic rings. The van der Waals surface area contributed by atoms with E-state index in [1.54, 1.807) is 21.3 Å². The van der Waals surface area contributed by atoms with Crippen LogP contribution in [0.3, 0.4) is 0 Å². The van der Waals surface area contributed by atoms with Gasteiger partial charge in [0.2, 0.25) is 5.75 Å². The first-order valence-corrected chi connectivity index (χ1v) is 10.2. The van der Waals surface area contributed by atoms with Crippen LogP contribution in [0.2, 0.25) is 0 Å². The van der Waals surface area contributed by atoms with Crippen molar-refractivity contribution >= 4 is 0 Å². The van der Waals surface area contributed by atoms with Crippen molar-refractivity contribution in [3.8, 4) is 28.5 Å². The summed E-state index contributed by atoms with van der Waals surface area (Å²) >= 11 is 0. The predicted octanol–water partition coefficient (Wildman–Crippen LogP) is 4.22. The number of nitrogens with one attached hydrogen (secondary N) is 1. The van der Waals surface area contributed by atoms with E-state index >= 15 is 0 Å². The standard InChI is InChI=1S/C23H28N4O3/c1-28-20-11-17(12-21(29-2)23(20)30-3)22-18(14-25-26-22)15-27-10-5-4-8-19(27)16-7-6-9-24-13-16/h6-7,9,11-14,19H,4-5,8,10,15H2,1-3H3,(H,25,26). The van der Waals surface area contributed by atoms with Crippen LogP contribution in [-0.2, 0) is 6.54 Å². The first kappa shape index (κ1) is 20.2. The molecule has 1 aliphatic heterocycles. The summed E-state index contributed by atoms with van der Waals surface area (Å²) in [5.74, 6) is 1.83. The van der Waals surface area contributed by atoms with Crippen LogP contribution in [0.15, 0.2) is 42.9 Å². The molecule has 4 rings (SSSR count). The zero-order valence-corrected chi connectivity index (χ0v) is 17.7. The molecule has 1 fully saturated rings. The number of rotatable bonds is 7. The summed E-state index contributed by atoms with van der Waals surface area (Å²) in [5, 5.41) is 7.50. The molecule has 0 amide bonds. The number of ether oxygens (including phenoxy) is 3. The molecule has 1 aliphatic rings. The van der Waals surface area contributed by atoms with Gasteiger partial charge in [0.15, 0.2) is 11.5 Å². The van der Waals surface area contributed by atoms with Crippen molar-refractivity contribution in [1.29, 1.82) is 0 Å². The Morgan fingerprint density at radius 3 is 2.53 bits per heavy atom. The summed E-state index contributed by atoms with van der Waals surface area (Å²) in [6.45, 7) is 1.86. The third-order valence-electron chi connectivity index (χ3n) is 5.73. The molecule has 1 aromatic carbocycles. The number of nitrogens with zero attached hydrogens (tertiary/aromatic N) is 3. The third-order valence-corrected chi connectivity index (χ3v) is 5.73. The normalized spacial score (nSPS) is 17.0. The Hall–Kier alpha value is -3.06. The maximum atomic E-state index is 5.53. The zero-order valence-electron chi connectivity index (χ0n) is 17.7. The van der Waals surface area contributed by atoms with Gasteiger partial charge < -0.3 is 14.2 Å². The molecule has 0 bridgehead atoms. The van der Waals surface area contributed by atoms with Gasteiger partial charge in [-0.25, -0.2) is 0 Å². The highest BCUT2D eigenvalue weighted by molar-refractivity contribution is 5.70. The van der Waals surface area contributed by atoms with Gasteiger partial charge in [0, 0.05) is 36.1 Å². The molecule has 7 heteroatoms. The van der Waals surface area contributed by atoms with Crippen molar-refractivity contribution in [2.45, 2.75) is 31.8 Å². The van der Waals surface area contributed by atoms with Crippen LogP contribution in [0.25, 0.3) is 11.3 Å². The van der Waals surface area contributed by atoms with Gasteiger partial charge in [-0.1, -0.05) is 12.5 Å². The molecule has 7 nitrogen and oxygen atoms in total. The molecule has 0 aliphatic carbocycles. The number of pyridine rings is 1. The highest BCUT2D eigenvalue weighted by atomic mass is 16.5. The highest BCUT2D eigenvalue weighted by Gasteiger charge is 2.26. The molecule has 30 heavy (non-hydrogen) atoms. The van der Waals surface area contributed by atoms with E-state index in [1.807, 2.05) is 36.8 Å². The molecule has 1 unspecified atom stereocenters. The van der Waals surface area contributed by atoms with Crippen LogP contribution >= 0.6 is 0 Å². The Balaban J connectivity index is 1.65. The van der Waals surface area contributed by atoms with Gasteiger partial charge in [-0.15, -0.1) is 0 Å². The van der Waals surface area contributed by atoms with E-state index in [1.165, 1.54) is 18.4 Å². The highest BCUT2D eigenvalue weighted by Crippen LogP contribution is 2.42. The maximum absolute atomic E-state index is 5.53. The minimum absolute atomic E-state index is 0.370. The van der Waals surface area contributed by atoms with Crippen LogP contribution in [-0.4, -0.2) is 48.0 Å². The lowest BCUT2D eigenvalue weighted by molar-refractivity contribution is 0.140. The van der Waals surface area contributed by atoms with Crippen molar-refractivity contribution < 1.29 is 14.2 Å². The Morgan fingerprint density at radius 2 is 1.87 bits per heavy atom. The smallest absolute Gasteiger partial charge is 0.203 e. The lowest BCUT2D eigenvalue weighted by Gasteiger charge is -2.35. The summed E-state index contributed by atoms with van der Waals surface area (Å²) < 4.78 is 16.5. The monoisotopic (exact) mass is 408 g/mol. The van der Waals surface area contributed by atoms with Gasteiger partial charge in [0.05, 0.1) is 33.2 Å². The second-order valence-electron chi connectivity index (χ2n) is 7.45. The van der Waals surface area contributed by atoms with Crippen LogP contribution in [0.5, 0.6) is 17.2 Å². The fourth-order valence-corrected chi connectivity index (χ4v) is 4.26. The number of hydrogen-bond donors (Lipinski definition) is 1. The van der Waals surface area contributed by atoms with Crippen LogP contribution in [0, 0.1) is 0 Å². The largest absolute Gasteiger partial charge is 0.493 e. The molecule has 0 spiro atoms. The van der Waals surface area contributed by atoms with Gasteiger partial charge in [-0.2, -0.15) is 5.10 Å². The van der Waals surface area contributed by atoms with E-state index in [4.69, 9.17) is 14.2 Å². The number of methoxy groups -OCH3 is 3. The molecule has 1 saturated heterocycles. The van der Waals surface area contributed by atoms with Crippen molar-refractivity contribution in [1.82, 2.24) is 20.1 Å². The summed E-state index contributed by atoms with van der Waals surface area (Å²) in [7, 11) is 4.86. The van der Waals surface area contributed by atoms with Gasteiger partial charge in [-0.05, 0) is 43.1 Å². The first-order chi connectivity index (χ1) is 14.7. The minimum atomic E-state index is 0.370. The van der Waals surface area contributed by atoms with E-state index in [-0.39, 0.29) is 0 Å². The molecule has 3 heterocycles. The Labute approximate surface area is 177 Å². The maximum Gasteiger partial charge on any atom is 0.203 e. The van der Waals surface area contributed by atoms with E-state index in [9.17, 15) is 0 Å². The molecule has 1 N–H and O–H groups in total. The van der Waals surface area contributed by atoms with Crippen molar-refractivity contribution in [3.63, 3.8) is 0 Å². The predicted molar refractivity (Wildman–Crippen MR) is 115 cm³/mol. The van der Waals surface area contributed by atoms with Gasteiger partial charge in [0.1, 0.15) is 0 Å². The van der Waals surface area contributed by atoms with E-state index in [0.29, 0.717) is 23.3 Å². The number of hydrogen-bond acceptors (Lipinski definition) is 6. The summed E-state index contributed by atoms with van der Waals surface area (Å²) in [6.07, 6.45) is 9.31. The zero-order chi connectivity index (χ0) is 20.9. The molecule has 1 atom stereocenters. The van der Waals surface area contributed by atoms with Gasteiger partial charge in [-0.3, -0.25) is 15.0 Å². The lowest BCUT2D eigenvalue weighted by atomic mass is 9.95. The number of aromatic nitrogens is 3. The Morgan fingerprint density at radius 1 is 1.07 bits per heavy atom. The van der Waals surface area contributed by atoms with E-state index < -0.39 is 0 Å². The molecule has 158 valence electrons. The first-order valence-electron chi connectivity index (χ1n) is 10.2. The van der Waals surface area contributed by atoms with Gasteiger partial charge in [0.25, 0.3) is 0 Å². The topological polar surface area (TPSA) is 72.5 Å². The summed E-state index contributed by atoms with van der Waals surface area (Å²) in [4.78, 5) is 6.85. The molecular weight excluding hydrogens is 380 g/mol. The van der Waals surface area contributed by atoms with Crippen molar-refractivity contribution in [3.05, 3.63) is 54.0 Å². The van der Waals surface area contributed by atoms with Crippen molar-refractivity contribution in [2.24, 2.45) is 0 Å². The van der Waals surface area contributed by atoms with Gasteiger partial charge >= 0.3 is 0 Å². The third kappa shape index (κ3) is 3.98. The fourth-order valence-electron chi connectivity index (χ4n) is 4.26. The number of H-pyrrole nitrogens is 1. The van der Waals surface area contributed by atoms with E-state index in [2.05, 4.69) is 26.1 Å². The minimum Gasteiger partial charge on any atom is -0.493 e. The number of likely N-dealkylation sites (tertiary alicyclic amines) is 1. The Bertz CT molecular complexity index is 949. The van der Waals surface area contributed by atoms with Crippen LogP contribution in [0.4, 0.5) is 0 Å². The van der Waals surface area contributed by atoms with Crippen molar-refractivity contribution in [2.75, 3.05) is 27.9 Å². The second-order valence-corrected chi connectivity index (χ2v) is 7.45. The molecular formula is C23H28N4O3. The summed E-state index contributed by atoms with van der Waals surface area (Å²) in [6, 6.07) is 8.46. The number of piperidine rings is 1. The second kappa shape index (κ2) is 9.17. The number of benzene rings is 1. The fraction of sp³-hybridized carbons (Fsp3) is 0.391. The Kier molecular flexibility index (Phi) is 6.18. The van der Waals surface area contributed by atoms with Crippen LogP contribution < -0.4 is 14.2 Å². The molecule has 2 aromatic heterocycles. The number of aromatic amines is 1. The quantitative estimate of drug-likeness (QED) is 0.631. The van der Waals surface area contributed by atoms with E-state index in [0.717, 1.165) is 36.3 Å². The molecule has 0 saturated carbocycles. The lowest BCUT2D eigenvalue weighted by Crippen LogP contribution is -2.33.